The van der Waals surface area contributed by atoms with E-state index in [1.165, 1.54) is 12.8 Å². The van der Waals surface area contributed by atoms with Gasteiger partial charge < -0.3 is 14.7 Å². The van der Waals surface area contributed by atoms with E-state index in [1.54, 1.807) is 11.9 Å². The van der Waals surface area contributed by atoms with E-state index in [-0.39, 0.29) is 11.8 Å². The van der Waals surface area contributed by atoms with Crippen molar-refractivity contribution >= 4 is 11.8 Å². The summed E-state index contributed by atoms with van der Waals surface area (Å²) >= 11 is 0. The maximum absolute atomic E-state index is 12.0. The predicted molar refractivity (Wildman–Crippen MR) is 80.5 cm³/mol. The Labute approximate surface area is 122 Å². The fourth-order valence-corrected chi connectivity index (χ4v) is 2.52. The molecule has 5 nitrogen and oxygen atoms in total. The van der Waals surface area contributed by atoms with E-state index in [9.17, 15) is 9.59 Å². The van der Waals surface area contributed by atoms with Crippen LogP contribution in [0.25, 0.3) is 0 Å². The molecule has 1 fully saturated rings. The molecule has 1 rings (SSSR count). The number of hydrogen-bond donors (Lipinski definition) is 0. The van der Waals surface area contributed by atoms with Crippen LogP contribution in [-0.4, -0.2) is 72.8 Å². The summed E-state index contributed by atoms with van der Waals surface area (Å²) < 4.78 is 0. The van der Waals surface area contributed by atoms with Crippen LogP contribution in [0.2, 0.25) is 0 Å². The number of hydrogen-bond acceptors (Lipinski definition) is 3. The topological polar surface area (TPSA) is 43.9 Å². The molecule has 2 amide bonds. The molecular weight excluding hydrogens is 254 g/mol. The second kappa shape index (κ2) is 8.95. The first-order chi connectivity index (χ1) is 9.58. The number of carbonyl (C=O) groups is 2. The molecule has 0 saturated carbocycles. The van der Waals surface area contributed by atoms with Crippen molar-refractivity contribution in [1.29, 1.82) is 0 Å². The zero-order valence-corrected chi connectivity index (χ0v) is 13.2. The molecule has 0 aromatic heterocycles. The van der Waals surface area contributed by atoms with Crippen LogP contribution in [-0.2, 0) is 9.59 Å². The molecule has 0 aromatic rings. The largest absolute Gasteiger partial charge is 0.344 e. The van der Waals surface area contributed by atoms with E-state index in [0.29, 0.717) is 25.9 Å². The Balaban J connectivity index is 2.38. The minimum absolute atomic E-state index is 0.133. The Morgan fingerprint density at radius 3 is 2.10 bits per heavy atom. The van der Waals surface area contributed by atoms with Crippen molar-refractivity contribution in [2.45, 2.75) is 39.5 Å². The molecule has 20 heavy (non-hydrogen) atoms. The van der Waals surface area contributed by atoms with Crippen LogP contribution in [0.3, 0.4) is 0 Å². The lowest BCUT2D eigenvalue weighted by atomic mass is 10.3. The number of amides is 2. The lowest BCUT2D eigenvalue weighted by Crippen LogP contribution is -2.42. The van der Waals surface area contributed by atoms with Crippen LogP contribution in [0.4, 0.5) is 0 Å². The number of carbonyl (C=O) groups excluding carboxylic acids is 2. The van der Waals surface area contributed by atoms with Crippen molar-refractivity contribution in [3.05, 3.63) is 0 Å². The quantitative estimate of drug-likeness (QED) is 0.672. The molecule has 0 bridgehead atoms. The highest BCUT2D eigenvalue weighted by atomic mass is 16.2. The summed E-state index contributed by atoms with van der Waals surface area (Å²) in [6, 6.07) is 0. The van der Waals surface area contributed by atoms with Crippen LogP contribution in [0.5, 0.6) is 0 Å². The van der Waals surface area contributed by atoms with Gasteiger partial charge >= 0.3 is 0 Å². The summed E-state index contributed by atoms with van der Waals surface area (Å²) in [5.41, 5.74) is 0. The maximum Gasteiger partial charge on any atom is 0.222 e. The summed E-state index contributed by atoms with van der Waals surface area (Å²) in [5.74, 6) is 0.315. The third-order valence-electron chi connectivity index (χ3n) is 3.97. The molecule has 0 atom stereocenters. The first-order valence-electron chi connectivity index (χ1n) is 7.82. The van der Waals surface area contributed by atoms with Crippen molar-refractivity contribution in [1.82, 2.24) is 14.7 Å². The SMILES string of the molecule is CCC(=O)N(C)CCN(CCN1CCCC1)C(=O)CC. The molecule has 0 aromatic carbocycles. The van der Waals surface area contributed by atoms with Gasteiger partial charge in [0.1, 0.15) is 0 Å². The predicted octanol–water partition coefficient (Wildman–Crippen LogP) is 1.19. The van der Waals surface area contributed by atoms with Gasteiger partial charge in [-0.25, -0.2) is 0 Å². The highest BCUT2D eigenvalue weighted by molar-refractivity contribution is 5.76. The second-order valence-electron chi connectivity index (χ2n) is 5.45. The van der Waals surface area contributed by atoms with Crippen molar-refractivity contribution < 1.29 is 9.59 Å². The molecule has 1 aliphatic rings. The van der Waals surface area contributed by atoms with Gasteiger partial charge in [0.05, 0.1) is 0 Å². The van der Waals surface area contributed by atoms with Crippen molar-refractivity contribution in [2.24, 2.45) is 0 Å². The van der Waals surface area contributed by atoms with Crippen molar-refractivity contribution in [3.63, 3.8) is 0 Å². The number of nitrogens with zero attached hydrogens (tertiary/aromatic N) is 3. The average molecular weight is 283 g/mol. The Kier molecular flexibility index (Phi) is 7.59. The number of rotatable bonds is 8. The molecule has 5 heteroatoms. The molecule has 0 spiro atoms. The molecule has 0 N–H and O–H groups in total. The minimum Gasteiger partial charge on any atom is -0.344 e. The van der Waals surface area contributed by atoms with E-state index in [0.717, 1.165) is 26.2 Å². The fourth-order valence-electron chi connectivity index (χ4n) is 2.52. The molecule has 0 unspecified atom stereocenters. The lowest BCUT2D eigenvalue weighted by Gasteiger charge is -2.27. The van der Waals surface area contributed by atoms with Gasteiger partial charge in [0.25, 0.3) is 0 Å². The summed E-state index contributed by atoms with van der Waals surface area (Å²) in [6.07, 6.45) is 3.60. The zero-order chi connectivity index (χ0) is 15.0. The van der Waals surface area contributed by atoms with E-state index in [2.05, 4.69) is 4.90 Å². The fraction of sp³-hybridized carbons (Fsp3) is 0.867. The molecular formula is C15H29N3O2. The Morgan fingerprint density at radius 1 is 0.950 bits per heavy atom. The Morgan fingerprint density at radius 2 is 1.55 bits per heavy atom. The Hall–Kier alpha value is -1.10. The van der Waals surface area contributed by atoms with Gasteiger partial charge in [0.2, 0.25) is 11.8 Å². The van der Waals surface area contributed by atoms with Gasteiger partial charge in [-0.05, 0) is 25.9 Å². The summed E-state index contributed by atoms with van der Waals surface area (Å²) in [5, 5.41) is 0. The van der Waals surface area contributed by atoms with E-state index in [4.69, 9.17) is 0 Å². The van der Waals surface area contributed by atoms with Crippen molar-refractivity contribution in [3.8, 4) is 0 Å². The van der Waals surface area contributed by atoms with Crippen LogP contribution in [0, 0.1) is 0 Å². The van der Waals surface area contributed by atoms with Gasteiger partial charge in [-0.1, -0.05) is 13.8 Å². The molecule has 1 saturated heterocycles. The van der Waals surface area contributed by atoms with Crippen LogP contribution in [0.15, 0.2) is 0 Å². The van der Waals surface area contributed by atoms with E-state index in [1.807, 2.05) is 18.7 Å². The first kappa shape index (κ1) is 17.0. The van der Waals surface area contributed by atoms with Gasteiger partial charge in [-0.3, -0.25) is 9.59 Å². The van der Waals surface area contributed by atoms with Crippen LogP contribution in [0.1, 0.15) is 39.5 Å². The van der Waals surface area contributed by atoms with E-state index >= 15 is 0 Å². The van der Waals surface area contributed by atoms with Crippen LogP contribution >= 0.6 is 0 Å². The summed E-state index contributed by atoms with van der Waals surface area (Å²) in [7, 11) is 1.81. The minimum atomic E-state index is 0.133. The molecule has 116 valence electrons. The van der Waals surface area contributed by atoms with Crippen molar-refractivity contribution in [2.75, 3.05) is 46.3 Å². The van der Waals surface area contributed by atoms with Gasteiger partial charge in [0.15, 0.2) is 0 Å². The number of likely N-dealkylation sites (N-methyl/N-ethyl adjacent to an activating group) is 1. The standard InChI is InChI=1S/C15H29N3O2/c1-4-14(19)16(3)10-12-18(15(20)5-2)13-11-17-8-6-7-9-17/h4-13H2,1-3H3. The molecule has 0 radical (unpaired) electrons. The maximum atomic E-state index is 12.0. The summed E-state index contributed by atoms with van der Waals surface area (Å²) in [6.45, 7) is 9.07. The van der Waals surface area contributed by atoms with E-state index < -0.39 is 0 Å². The highest BCUT2D eigenvalue weighted by Crippen LogP contribution is 2.07. The third kappa shape index (κ3) is 5.49. The monoisotopic (exact) mass is 283 g/mol. The van der Waals surface area contributed by atoms with Crippen LogP contribution < -0.4 is 0 Å². The summed E-state index contributed by atoms with van der Waals surface area (Å²) in [4.78, 5) is 29.5. The lowest BCUT2D eigenvalue weighted by molar-refractivity contribution is -0.134. The zero-order valence-electron chi connectivity index (χ0n) is 13.2. The van der Waals surface area contributed by atoms with Gasteiger partial charge in [-0.15, -0.1) is 0 Å². The molecule has 0 aliphatic carbocycles. The second-order valence-corrected chi connectivity index (χ2v) is 5.45. The average Bonchev–Trinajstić information content (AvgIpc) is 2.98. The highest BCUT2D eigenvalue weighted by Gasteiger charge is 2.17. The normalized spacial score (nSPS) is 15.3. The first-order valence-corrected chi connectivity index (χ1v) is 7.82. The third-order valence-corrected chi connectivity index (χ3v) is 3.97. The van der Waals surface area contributed by atoms with Gasteiger partial charge in [0, 0.05) is 46.1 Å². The number of likely N-dealkylation sites (tertiary alicyclic amines) is 1. The van der Waals surface area contributed by atoms with Gasteiger partial charge in [-0.2, -0.15) is 0 Å². The Bertz CT molecular complexity index is 314. The molecule has 1 aliphatic heterocycles. The molecule has 1 heterocycles. The smallest absolute Gasteiger partial charge is 0.222 e.